The molecule has 0 bridgehead atoms. The number of nitrogens with two attached hydrogens (primary N) is 1. The van der Waals surface area contributed by atoms with Crippen LogP contribution in [-0.4, -0.2) is 7.05 Å². The highest BCUT2D eigenvalue weighted by Crippen LogP contribution is 2.30. The Morgan fingerprint density at radius 2 is 2.18 bits per heavy atom. The topological polar surface area (TPSA) is 38.0 Å². The van der Waals surface area contributed by atoms with Gasteiger partial charge in [-0.1, -0.05) is 27.5 Å². The normalized spacial score (nSPS) is 9.73. The predicted octanol–water partition coefficient (Wildman–Crippen LogP) is 2.73. The average molecular weight is 236 g/mol. The zero-order chi connectivity index (χ0) is 8.43. The van der Waals surface area contributed by atoms with Crippen LogP contribution in [0.25, 0.3) is 0 Å². The van der Waals surface area contributed by atoms with Crippen LogP contribution in [0.3, 0.4) is 0 Å². The molecular weight excluding hydrogens is 227 g/mol. The summed E-state index contributed by atoms with van der Waals surface area (Å²) in [5, 5.41) is 3.50. The van der Waals surface area contributed by atoms with Gasteiger partial charge in [-0.2, -0.15) is 0 Å². The maximum atomic E-state index is 5.80. The zero-order valence-corrected chi connectivity index (χ0v) is 8.33. The fourth-order valence-electron chi connectivity index (χ4n) is 0.792. The summed E-state index contributed by atoms with van der Waals surface area (Å²) < 4.78 is 0.918. The van der Waals surface area contributed by atoms with Crippen LogP contribution >= 0.6 is 27.5 Å². The molecule has 2 nitrogen and oxygen atoms in total. The fraction of sp³-hybridized carbons (Fsp3) is 0.143. The Kier molecular flexibility index (Phi) is 2.62. The van der Waals surface area contributed by atoms with Crippen LogP contribution in [-0.2, 0) is 0 Å². The molecule has 0 amide bonds. The number of hydrogen-bond donors (Lipinski definition) is 2. The van der Waals surface area contributed by atoms with Crippen molar-refractivity contribution in [1.82, 2.24) is 0 Å². The number of hydrogen-bond acceptors (Lipinski definition) is 2. The molecule has 11 heavy (non-hydrogen) atoms. The van der Waals surface area contributed by atoms with Crippen LogP contribution in [0.5, 0.6) is 0 Å². The van der Waals surface area contributed by atoms with Gasteiger partial charge in [0.25, 0.3) is 0 Å². The molecule has 0 aliphatic carbocycles. The van der Waals surface area contributed by atoms with E-state index in [2.05, 4.69) is 21.2 Å². The van der Waals surface area contributed by atoms with E-state index in [-0.39, 0.29) is 0 Å². The molecule has 0 aliphatic rings. The summed E-state index contributed by atoms with van der Waals surface area (Å²) in [5.41, 5.74) is 7.06. The zero-order valence-electron chi connectivity index (χ0n) is 5.99. The van der Waals surface area contributed by atoms with Crippen molar-refractivity contribution >= 4 is 38.9 Å². The highest BCUT2D eigenvalue weighted by Gasteiger charge is 2.02. The second-order valence-corrected chi connectivity index (χ2v) is 3.42. The van der Waals surface area contributed by atoms with Crippen molar-refractivity contribution < 1.29 is 0 Å². The van der Waals surface area contributed by atoms with E-state index in [0.29, 0.717) is 10.7 Å². The average Bonchev–Trinajstić information content (AvgIpc) is 1.96. The van der Waals surface area contributed by atoms with E-state index < -0.39 is 0 Å². The first-order valence-electron chi connectivity index (χ1n) is 3.07. The Morgan fingerprint density at radius 1 is 1.55 bits per heavy atom. The Morgan fingerprint density at radius 3 is 2.73 bits per heavy atom. The maximum absolute atomic E-state index is 5.80. The number of benzene rings is 1. The minimum absolute atomic E-state index is 0.559. The van der Waals surface area contributed by atoms with Crippen LogP contribution in [0.15, 0.2) is 16.6 Å². The molecule has 0 aliphatic heterocycles. The summed E-state index contributed by atoms with van der Waals surface area (Å²) in [4.78, 5) is 0. The Hall–Kier alpha value is -0.410. The molecule has 0 saturated carbocycles. The summed E-state index contributed by atoms with van der Waals surface area (Å²) in [6.45, 7) is 0. The first-order valence-corrected chi connectivity index (χ1v) is 4.24. The van der Waals surface area contributed by atoms with Gasteiger partial charge in [-0.25, -0.2) is 0 Å². The predicted molar refractivity (Wildman–Crippen MR) is 53.1 cm³/mol. The van der Waals surface area contributed by atoms with Crippen molar-refractivity contribution in [3.8, 4) is 0 Å². The lowest BCUT2D eigenvalue weighted by Crippen LogP contribution is -1.95. The number of rotatable bonds is 1. The smallest absolute Gasteiger partial charge is 0.0739 e. The van der Waals surface area contributed by atoms with Crippen LogP contribution < -0.4 is 11.1 Å². The standard InChI is InChI=1S/C7H8BrClN2/c1-11-6-3-4(8)2-5(9)7(6)10/h2-3,11H,10H2,1H3. The van der Waals surface area contributed by atoms with Crippen LogP contribution in [0, 0.1) is 0 Å². The van der Waals surface area contributed by atoms with E-state index in [4.69, 9.17) is 17.3 Å². The number of anilines is 2. The van der Waals surface area contributed by atoms with E-state index in [1.54, 1.807) is 13.1 Å². The van der Waals surface area contributed by atoms with Crippen LogP contribution in [0.1, 0.15) is 0 Å². The summed E-state index contributed by atoms with van der Waals surface area (Å²) in [6, 6.07) is 3.64. The molecule has 1 aromatic carbocycles. The van der Waals surface area contributed by atoms with Gasteiger partial charge < -0.3 is 11.1 Å². The molecule has 0 spiro atoms. The number of nitrogens with one attached hydrogen (secondary N) is 1. The lowest BCUT2D eigenvalue weighted by molar-refractivity contribution is 1.50. The Bertz CT molecular complexity index is 275. The quantitative estimate of drug-likeness (QED) is 0.735. The van der Waals surface area contributed by atoms with Crippen molar-refractivity contribution in [2.45, 2.75) is 0 Å². The summed E-state index contributed by atoms with van der Waals surface area (Å²) >= 11 is 9.11. The molecule has 0 fully saturated rings. The number of nitrogen functional groups attached to an aromatic ring is 1. The third kappa shape index (κ3) is 1.79. The molecule has 0 heterocycles. The molecule has 4 heteroatoms. The maximum Gasteiger partial charge on any atom is 0.0739 e. The second-order valence-electron chi connectivity index (χ2n) is 2.10. The van der Waals surface area contributed by atoms with Crippen molar-refractivity contribution in [1.29, 1.82) is 0 Å². The van der Waals surface area contributed by atoms with Gasteiger partial charge in [0.05, 0.1) is 16.4 Å². The van der Waals surface area contributed by atoms with Gasteiger partial charge in [0.1, 0.15) is 0 Å². The van der Waals surface area contributed by atoms with Gasteiger partial charge in [0, 0.05) is 11.5 Å². The third-order valence-electron chi connectivity index (χ3n) is 1.36. The molecule has 3 N–H and O–H groups in total. The van der Waals surface area contributed by atoms with E-state index in [9.17, 15) is 0 Å². The molecule has 1 rings (SSSR count). The highest BCUT2D eigenvalue weighted by atomic mass is 79.9. The van der Waals surface area contributed by atoms with Gasteiger partial charge in [-0.05, 0) is 12.1 Å². The largest absolute Gasteiger partial charge is 0.396 e. The van der Waals surface area contributed by atoms with Crippen LogP contribution in [0.4, 0.5) is 11.4 Å². The molecule has 0 atom stereocenters. The van der Waals surface area contributed by atoms with Gasteiger partial charge >= 0.3 is 0 Å². The molecular formula is C7H8BrClN2. The first kappa shape index (κ1) is 8.68. The van der Waals surface area contributed by atoms with Crippen molar-refractivity contribution in [2.24, 2.45) is 0 Å². The molecule has 0 unspecified atom stereocenters. The summed E-state index contributed by atoms with van der Waals surface area (Å²) in [5.74, 6) is 0. The lowest BCUT2D eigenvalue weighted by atomic mass is 10.3. The Balaban J connectivity index is 3.24. The van der Waals surface area contributed by atoms with Crippen molar-refractivity contribution in [3.63, 3.8) is 0 Å². The van der Waals surface area contributed by atoms with E-state index in [1.165, 1.54) is 0 Å². The molecule has 1 aromatic rings. The molecule has 0 saturated heterocycles. The number of halogens is 2. The van der Waals surface area contributed by atoms with Gasteiger partial charge in [-0.15, -0.1) is 0 Å². The van der Waals surface area contributed by atoms with Gasteiger partial charge in [0.15, 0.2) is 0 Å². The second kappa shape index (κ2) is 3.32. The summed E-state index contributed by atoms with van der Waals surface area (Å²) in [7, 11) is 1.80. The van der Waals surface area contributed by atoms with Gasteiger partial charge in [-0.3, -0.25) is 0 Å². The monoisotopic (exact) mass is 234 g/mol. The Labute approximate surface area is 78.9 Å². The van der Waals surface area contributed by atoms with E-state index >= 15 is 0 Å². The van der Waals surface area contributed by atoms with Gasteiger partial charge in [0.2, 0.25) is 0 Å². The first-order chi connectivity index (χ1) is 5.15. The molecule has 0 radical (unpaired) electrons. The highest BCUT2D eigenvalue weighted by molar-refractivity contribution is 9.10. The molecule has 60 valence electrons. The van der Waals surface area contributed by atoms with Crippen molar-refractivity contribution in [2.75, 3.05) is 18.1 Å². The minimum Gasteiger partial charge on any atom is -0.396 e. The van der Waals surface area contributed by atoms with E-state index in [0.717, 1.165) is 10.2 Å². The third-order valence-corrected chi connectivity index (χ3v) is 2.13. The molecule has 0 aromatic heterocycles. The van der Waals surface area contributed by atoms with Crippen LogP contribution in [0.2, 0.25) is 5.02 Å². The minimum atomic E-state index is 0.559. The van der Waals surface area contributed by atoms with Crippen molar-refractivity contribution in [3.05, 3.63) is 21.6 Å². The lowest BCUT2D eigenvalue weighted by Gasteiger charge is -2.06. The summed E-state index contributed by atoms with van der Waals surface area (Å²) in [6.07, 6.45) is 0. The SMILES string of the molecule is CNc1cc(Br)cc(Cl)c1N. The van der Waals surface area contributed by atoms with E-state index in [1.807, 2.05) is 6.07 Å². The fourth-order valence-corrected chi connectivity index (χ4v) is 1.60.